The molecule has 1 aromatic rings. The standard InChI is InChI=1S/C35H49NO3S/c1-4-6-7-8-9-10-11-12-13-14-15-16-17-18-19-20-21-25-28-40-33(5-2)34(37)36-30(3)32(39-35(36)38)29-31-26-23-22-24-27-31/h6-7,9-10,12-13,15-16,18-19,22-24,26-27,30,32-33H,4-5,8,11,14,17,20-21,25,28-29H2,1-3H3/b7-6-,10-9-,13-12-,16-15-,19-18-/t30-,32+,33+/m0/s1. The summed E-state index contributed by atoms with van der Waals surface area (Å²) in [7, 11) is 0. The molecule has 1 heterocycles. The van der Waals surface area contributed by atoms with Gasteiger partial charge >= 0.3 is 6.09 Å². The van der Waals surface area contributed by atoms with Crippen LogP contribution in [0, 0.1) is 0 Å². The first kappa shape index (κ1) is 33.4. The van der Waals surface area contributed by atoms with Crippen LogP contribution in [-0.4, -0.2) is 40.0 Å². The molecular formula is C35H49NO3S. The molecule has 40 heavy (non-hydrogen) atoms. The summed E-state index contributed by atoms with van der Waals surface area (Å²) in [6.45, 7) is 6.08. The molecule has 2 amide bonds. The molecule has 0 unspecified atom stereocenters. The number of carbonyl (C=O) groups is 2. The Hall–Kier alpha value is -2.79. The molecule has 0 spiro atoms. The second-order valence-corrected chi connectivity index (χ2v) is 11.3. The first-order valence-corrected chi connectivity index (χ1v) is 16.1. The highest BCUT2D eigenvalue weighted by atomic mass is 32.2. The zero-order valence-corrected chi connectivity index (χ0v) is 25.6. The summed E-state index contributed by atoms with van der Waals surface area (Å²) in [5, 5.41) is -0.209. The summed E-state index contributed by atoms with van der Waals surface area (Å²) < 4.78 is 5.59. The molecule has 2 rings (SSSR count). The van der Waals surface area contributed by atoms with Gasteiger partial charge in [0.05, 0.1) is 11.3 Å². The molecule has 1 fully saturated rings. The monoisotopic (exact) mass is 563 g/mol. The smallest absolute Gasteiger partial charge is 0.417 e. The van der Waals surface area contributed by atoms with Crippen molar-refractivity contribution in [3.63, 3.8) is 0 Å². The van der Waals surface area contributed by atoms with Gasteiger partial charge in [0.15, 0.2) is 0 Å². The van der Waals surface area contributed by atoms with Crippen LogP contribution < -0.4 is 0 Å². The predicted molar refractivity (Wildman–Crippen MR) is 172 cm³/mol. The first-order valence-electron chi connectivity index (χ1n) is 15.0. The van der Waals surface area contributed by atoms with Crippen molar-refractivity contribution in [3.05, 3.63) is 96.7 Å². The van der Waals surface area contributed by atoms with Crippen molar-refractivity contribution in [1.29, 1.82) is 0 Å². The fourth-order valence-corrected chi connectivity index (χ4v) is 5.59. The summed E-state index contributed by atoms with van der Waals surface area (Å²) in [5.74, 6) is 0.804. The fraction of sp³-hybridized carbons (Fsp3) is 0.486. The normalized spacial score (nSPS) is 18.8. The van der Waals surface area contributed by atoms with Crippen LogP contribution in [0.3, 0.4) is 0 Å². The molecule has 0 bridgehead atoms. The number of amides is 2. The summed E-state index contributed by atoms with van der Waals surface area (Å²) >= 11 is 1.67. The fourth-order valence-electron chi connectivity index (χ4n) is 4.44. The minimum absolute atomic E-state index is 0.113. The Labute approximate surface area is 247 Å². The van der Waals surface area contributed by atoms with E-state index in [0.29, 0.717) is 12.8 Å². The van der Waals surface area contributed by atoms with E-state index in [9.17, 15) is 9.59 Å². The van der Waals surface area contributed by atoms with E-state index in [4.69, 9.17) is 4.74 Å². The van der Waals surface area contributed by atoms with Gasteiger partial charge < -0.3 is 4.74 Å². The second-order valence-electron chi connectivity index (χ2n) is 10.0. The minimum atomic E-state index is -0.504. The van der Waals surface area contributed by atoms with Crippen molar-refractivity contribution in [2.45, 2.75) is 102 Å². The van der Waals surface area contributed by atoms with Gasteiger partial charge in [0.1, 0.15) is 6.10 Å². The van der Waals surface area contributed by atoms with Gasteiger partial charge in [-0.25, -0.2) is 9.69 Å². The van der Waals surface area contributed by atoms with E-state index in [2.05, 4.69) is 67.7 Å². The second kappa shape index (κ2) is 21.0. The highest BCUT2D eigenvalue weighted by Gasteiger charge is 2.44. The maximum Gasteiger partial charge on any atom is 0.417 e. The van der Waals surface area contributed by atoms with Crippen LogP contribution in [0.2, 0.25) is 0 Å². The number of rotatable bonds is 19. The van der Waals surface area contributed by atoms with Gasteiger partial charge in [-0.15, -0.1) is 11.8 Å². The van der Waals surface area contributed by atoms with Crippen molar-refractivity contribution >= 4 is 23.8 Å². The quantitative estimate of drug-likeness (QED) is 0.124. The molecule has 5 heteroatoms. The van der Waals surface area contributed by atoms with E-state index in [1.165, 1.54) is 4.90 Å². The Morgan fingerprint density at radius 2 is 1.45 bits per heavy atom. The molecule has 0 saturated carbocycles. The third-order valence-corrected chi connectivity index (χ3v) is 8.26. The number of hydrogen-bond donors (Lipinski definition) is 0. The van der Waals surface area contributed by atoms with Gasteiger partial charge in [0, 0.05) is 6.42 Å². The molecule has 3 atom stereocenters. The van der Waals surface area contributed by atoms with Crippen molar-refractivity contribution in [3.8, 4) is 0 Å². The van der Waals surface area contributed by atoms with Crippen molar-refractivity contribution in [2.75, 3.05) is 5.75 Å². The largest absolute Gasteiger partial charge is 0.443 e. The topological polar surface area (TPSA) is 46.6 Å². The summed E-state index contributed by atoms with van der Waals surface area (Å²) in [5.41, 5.74) is 1.11. The number of nitrogens with zero attached hydrogens (tertiary/aromatic N) is 1. The van der Waals surface area contributed by atoms with Gasteiger partial charge in [-0.05, 0) is 76.0 Å². The van der Waals surface area contributed by atoms with E-state index < -0.39 is 6.09 Å². The van der Waals surface area contributed by atoms with Crippen LogP contribution in [0.4, 0.5) is 4.79 Å². The number of thioether (sulfide) groups is 1. The number of benzene rings is 1. The van der Waals surface area contributed by atoms with E-state index >= 15 is 0 Å². The van der Waals surface area contributed by atoms with Crippen LogP contribution in [-0.2, 0) is 16.0 Å². The number of unbranched alkanes of at least 4 members (excludes halogenated alkanes) is 2. The Bertz CT molecular complexity index is 995. The maximum absolute atomic E-state index is 13.2. The number of ether oxygens (including phenoxy) is 1. The third kappa shape index (κ3) is 13.0. The number of carbonyl (C=O) groups excluding carboxylic acids is 2. The van der Waals surface area contributed by atoms with Crippen LogP contribution in [0.25, 0.3) is 0 Å². The molecule has 0 N–H and O–H groups in total. The zero-order valence-electron chi connectivity index (χ0n) is 24.8. The summed E-state index contributed by atoms with van der Waals surface area (Å²) in [6, 6.07) is 9.71. The van der Waals surface area contributed by atoms with E-state index in [0.717, 1.165) is 62.7 Å². The van der Waals surface area contributed by atoms with Gasteiger partial charge in [-0.3, -0.25) is 4.79 Å². The highest BCUT2D eigenvalue weighted by Crippen LogP contribution is 2.27. The molecule has 1 aliphatic heterocycles. The molecule has 0 radical (unpaired) electrons. The van der Waals surface area contributed by atoms with Crippen LogP contribution in [0.5, 0.6) is 0 Å². The predicted octanol–water partition coefficient (Wildman–Crippen LogP) is 9.40. The van der Waals surface area contributed by atoms with Crippen LogP contribution >= 0.6 is 11.8 Å². The Balaban J connectivity index is 1.57. The van der Waals surface area contributed by atoms with E-state index in [-0.39, 0.29) is 23.3 Å². The molecule has 4 nitrogen and oxygen atoms in total. The van der Waals surface area contributed by atoms with Gasteiger partial charge in [0.25, 0.3) is 0 Å². The number of cyclic esters (lactones) is 1. The molecule has 0 aliphatic carbocycles. The SMILES string of the molecule is CC/C=C\C/C=C\C/C=C\C/C=C\C/C=C\CCCCS[C@H](CC)C(=O)N1C(=O)O[C@H](Cc2ccccc2)[C@@H]1C. The number of imide groups is 1. The summed E-state index contributed by atoms with van der Waals surface area (Å²) in [4.78, 5) is 27.1. The lowest BCUT2D eigenvalue weighted by Gasteiger charge is -2.23. The van der Waals surface area contributed by atoms with Gasteiger partial charge in [0.2, 0.25) is 5.91 Å². The molecule has 1 aliphatic rings. The Kier molecular flexibility index (Phi) is 17.6. The van der Waals surface area contributed by atoms with Gasteiger partial charge in [-0.2, -0.15) is 0 Å². The van der Waals surface area contributed by atoms with Crippen LogP contribution in [0.15, 0.2) is 91.1 Å². The first-order chi connectivity index (χ1) is 19.6. The van der Waals surface area contributed by atoms with Crippen molar-refractivity contribution < 1.29 is 14.3 Å². The highest BCUT2D eigenvalue weighted by molar-refractivity contribution is 8.00. The van der Waals surface area contributed by atoms with Gasteiger partial charge in [-0.1, -0.05) is 105 Å². The van der Waals surface area contributed by atoms with Crippen molar-refractivity contribution in [1.82, 2.24) is 4.90 Å². The third-order valence-electron chi connectivity index (χ3n) is 6.80. The maximum atomic E-state index is 13.2. The minimum Gasteiger partial charge on any atom is -0.443 e. The Morgan fingerprint density at radius 3 is 2.02 bits per heavy atom. The molecule has 0 aromatic heterocycles. The number of allylic oxidation sites excluding steroid dienone is 10. The molecule has 218 valence electrons. The Morgan fingerprint density at radius 1 is 0.875 bits per heavy atom. The van der Waals surface area contributed by atoms with E-state index in [1.54, 1.807) is 11.8 Å². The zero-order chi connectivity index (χ0) is 28.8. The van der Waals surface area contributed by atoms with Crippen LogP contribution in [0.1, 0.15) is 84.1 Å². The van der Waals surface area contributed by atoms with E-state index in [1.807, 2.05) is 44.2 Å². The van der Waals surface area contributed by atoms with Crippen molar-refractivity contribution in [2.24, 2.45) is 0 Å². The lowest BCUT2D eigenvalue weighted by Crippen LogP contribution is -2.44. The molecule has 1 saturated heterocycles. The lowest BCUT2D eigenvalue weighted by atomic mass is 10.0. The molecular weight excluding hydrogens is 514 g/mol. The summed E-state index contributed by atoms with van der Waals surface area (Å²) in [6.07, 6.45) is 31.0. The lowest BCUT2D eigenvalue weighted by molar-refractivity contribution is -0.128. The molecule has 1 aromatic carbocycles. The average molecular weight is 564 g/mol. The average Bonchev–Trinajstić information content (AvgIpc) is 3.24. The number of hydrogen-bond acceptors (Lipinski definition) is 4.